The molecule has 1 aliphatic heterocycles. The normalized spacial score (nSPS) is 12.2. The summed E-state index contributed by atoms with van der Waals surface area (Å²) in [5.74, 6) is 2.67. The van der Waals surface area contributed by atoms with Gasteiger partial charge in [0.05, 0.1) is 18.5 Å². The summed E-state index contributed by atoms with van der Waals surface area (Å²) in [6.07, 6.45) is 0. The van der Waals surface area contributed by atoms with Crippen LogP contribution < -0.4 is 14.2 Å². The lowest BCUT2D eigenvalue weighted by molar-refractivity contribution is 0.171. The van der Waals surface area contributed by atoms with E-state index in [9.17, 15) is 0 Å². The highest BCUT2D eigenvalue weighted by Gasteiger charge is 2.23. The van der Waals surface area contributed by atoms with Gasteiger partial charge in [0.15, 0.2) is 11.5 Å². The van der Waals surface area contributed by atoms with E-state index in [-0.39, 0.29) is 6.79 Å². The van der Waals surface area contributed by atoms with E-state index in [1.54, 1.807) is 7.11 Å². The fourth-order valence-electron chi connectivity index (χ4n) is 3.78. The predicted octanol–water partition coefficient (Wildman–Crippen LogP) is 5.76. The van der Waals surface area contributed by atoms with Gasteiger partial charge in [-0.25, -0.2) is 4.98 Å². The van der Waals surface area contributed by atoms with Crippen molar-refractivity contribution in [2.24, 2.45) is 0 Å². The maximum Gasteiger partial charge on any atom is 0.231 e. The van der Waals surface area contributed by atoms with Crippen molar-refractivity contribution < 1.29 is 14.2 Å². The number of aromatic nitrogens is 2. The molecule has 0 amide bonds. The smallest absolute Gasteiger partial charge is 0.231 e. The molecule has 1 aliphatic rings. The van der Waals surface area contributed by atoms with E-state index in [4.69, 9.17) is 19.2 Å². The first kappa shape index (κ1) is 18.3. The molecule has 0 saturated carbocycles. The third-order valence-electron chi connectivity index (χ3n) is 5.35. The van der Waals surface area contributed by atoms with Gasteiger partial charge in [-0.05, 0) is 37.6 Å². The summed E-state index contributed by atoms with van der Waals surface area (Å²) in [6, 6.07) is 20.5. The van der Waals surface area contributed by atoms with Crippen LogP contribution in [0, 0.1) is 13.8 Å². The first-order chi connectivity index (χ1) is 14.6. The lowest BCUT2D eigenvalue weighted by atomic mass is 9.99. The predicted molar refractivity (Wildman–Crippen MR) is 117 cm³/mol. The Hall–Kier alpha value is -3.73. The van der Waals surface area contributed by atoms with Gasteiger partial charge in [-0.2, -0.15) is 0 Å². The van der Waals surface area contributed by atoms with Crippen LogP contribution in [0.15, 0.2) is 60.7 Å². The van der Waals surface area contributed by atoms with Crippen LogP contribution in [0.3, 0.4) is 0 Å². The number of aromatic amines is 1. The summed E-state index contributed by atoms with van der Waals surface area (Å²) >= 11 is 0. The van der Waals surface area contributed by atoms with Gasteiger partial charge in [0.1, 0.15) is 5.82 Å². The Morgan fingerprint density at radius 2 is 1.77 bits per heavy atom. The van der Waals surface area contributed by atoms with Crippen molar-refractivity contribution in [3.05, 3.63) is 71.8 Å². The summed E-state index contributed by atoms with van der Waals surface area (Å²) in [6.45, 7) is 4.41. The summed E-state index contributed by atoms with van der Waals surface area (Å²) in [5.41, 5.74) is 7.38. The molecular weight excluding hydrogens is 376 g/mol. The van der Waals surface area contributed by atoms with Crippen LogP contribution in [0.4, 0.5) is 0 Å². The Labute approximate surface area is 175 Å². The summed E-state index contributed by atoms with van der Waals surface area (Å²) in [5, 5.41) is 0. The molecule has 2 heterocycles. The van der Waals surface area contributed by atoms with Gasteiger partial charge in [0.2, 0.25) is 12.5 Å². The van der Waals surface area contributed by atoms with E-state index in [0.29, 0.717) is 17.2 Å². The minimum atomic E-state index is 0.191. The lowest BCUT2D eigenvalue weighted by Gasteiger charge is -2.08. The standard InChI is InChI=1S/C25H22N2O3/c1-15-9-10-16(2)19(11-15)23-22(17-7-5-4-6-8-17)26-25(27-23)18-12-20(28-3)24-21(13-18)29-14-30-24/h4-13H,14H2,1-3H3,(H,26,27). The fraction of sp³-hybridized carbons (Fsp3) is 0.160. The van der Waals surface area contributed by atoms with E-state index >= 15 is 0 Å². The number of ether oxygens (including phenoxy) is 3. The number of benzene rings is 3. The number of imidazole rings is 1. The highest BCUT2D eigenvalue weighted by Crippen LogP contribution is 2.44. The molecule has 4 aromatic rings. The minimum Gasteiger partial charge on any atom is -0.493 e. The van der Waals surface area contributed by atoms with E-state index in [1.807, 2.05) is 30.3 Å². The number of fused-ring (bicyclic) bond motifs is 1. The van der Waals surface area contributed by atoms with Crippen LogP contribution in [0.1, 0.15) is 11.1 Å². The number of hydrogen-bond donors (Lipinski definition) is 1. The molecule has 150 valence electrons. The molecule has 0 radical (unpaired) electrons. The Balaban J connectivity index is 1.72. The largest absolute Gasteiger partial charge is 0.493 e. The number of hydrogen-bond acceptors (Lipinski definition) is 4. The molecule has 3 aromatic carbocycles. The maximum atomic E-state index is 5.60. The SMILES string of the molecule is COc1cc(-c2nc(-c3ccccc3)c(-c3cc(C)ccc3C)[nH]2)cc2c1OCO2. The number of methoxy groups -OCH3 is 1. The van der Waals surface area contributed by atoms with Crippen molar-refractivity contribution in [1.82, 2.24) is 9.97 Å². The molecule has 0 unspecified atom stereocenters. The number of H-pyrrole nitrogens is 1. The Bertz CT molecular complexity index is 1230. The van der Waals surface area contributed by atoms with E-state index in [2.05, 4.69) is 49.2 Å². The van der Waals surface area contributed by atoms with Gasteiger partial charge < -0.3 is 19.2 Å². The molecule has 30 heavy (non-hydrogen) atoms. The van der Waals surface area contributed by atoms with Crippen molar-refractivity contribution in [3.8, 4) is 51.2 Å². The average molecular weight is 398 g/mol. The van der Waals surface area contributed by atoms with Crippen molar-refractivity contribution >= 4 is 0 Å². The number of rotatable bonds is 4. The van der Waals surface area contributed by atoms with E-state index in [0.717, 1.165) is 33.9 Å². The summed E-state index contributed by atoms with van der Waals surface area (Å²) in [7, 11) is 1.63. The van der Waals surface area contributed by atoms with Gasteiger partial charge in [-0.1, -0.05) is 48.0 Å². The van der Waals surface area contributed by atoms with Gasteiger partial charge in [-0.15, -0.1) is 0 Å². The maximum absolute atomic E-state index is 5.60. The van der Waals surface area contributed by atoms with Crippen LogP contribution in [0.25, 0.3) is 33.9 Å². The van der Waals surface area contributed by atoms with Crippen LogP contribution in [0.5, 0.6) is 17.2 Å². The fourth-order valence-corrected chi connectivity index (χ4v) is 3.78. The average Bonchev–Trinajstić information content (AvgIpc) is 3.42. The molecule has 0 aliphatic carbocycles. The number of aryl methyl sites for hydroxylation is 2. The molecule has 5 heteroatoms. The van der Waals surface area contributed by atoms with Crippen molar-refractivity contribution in [2.75, 3.05) is 13.9 Å². The molecule has 5 nitrogen and oxygen atoms in total. The van der Waals surface area contributed by atoms with Crippen molar-refractivity contribution in [2.45, 2.75) is 13.8 Å². The molecular formula is C25H22N2O3. The first-order valence-corrected chi connectivity index (χ1v) is 9.85. The summed E-state index contributed by atoms with van der Waals surface area (Å²) in [4.78, 5) is 8.55. The topological polar surface area (TPSA) is 56.4 Å². The monoisotopic (exact) mass is 398 g/mol. The second kappa shape index (κ2) is 7.26. The highest BCUT2D eigenvalue weighted by atomic mass is 16.7. The van der Waals surface area contributed by atoms with Gasteiger partial charge >= 0.3 is 0 Å². The molecule has 0 fully saturated rings. The Morgan fingerprint density at radius 1 is 0.933 bits per heavy atom. The minimum absolute atomic E-state index is 0.191. The molecule has 5 rings (SSSR count). The zero-order valence-electron chi connectivity index (χ0n) is 17.2. The van der Waals surface area contributed by atoms with Crippen LogP contribution in [0.2, 0.25) is 0 Å². The van der Waals surface area contributed by atoms with Crippen molar-refractivity contribution in [3.63, 3.8) is 0 Å². The third-order valence-corrected chi connectivity index (χ3v) is 5.35. The zero-order chi connectivity index (χ0) is 20.7. The molecule has 0 atom stereocenters. The molecule has 1 N–H and O–H groups in total. The van der Waals surface area contributed by atoms with E-state index in [1.165, 1.54) is 11.1 Å². The second-order valence-electron chi connectivity index (χ2n) is 7.41. The van der Waals surface area contributed by atoms with Crippen LogP contribution >= 0.6 is 0 Å². The molecule has 1 aromatic heterocycles. The Kier molecular flexibility index (Phi) is 4.43. The van der Waals surface area contributed by atoms with Crippen molar-refractivity contribution in [1.29, 1.82) is 0 Å². The lowest BCUT2D eigenvalue weighted by Crippen LogP contribution is -1.93. The van der Waals surface area contributed by atoms with Gasteiger partial charge in [0, 0.05) is 16.7 Å². The highest BCUT2D eigenvalue weighted by molar-refractivity contribution is 5.83. The quantitative estimate of drug-likeness (QED) is 0.474. The molecule has 0 spiro atoms. The van der Waals surface area contributed by atoms with Crippen LogP contribution in [-0.4, -0.2) is 23.9 Å². The Morgan fingerprint density at radius 3 is 2.57 bits per heavy atom. The third kappa shape index (κ3) is 3.08. The first-order valence-electron chi connectivity index (χ1n) is 9.85. The van der Waals surface area contributed by atoms with E-state index < -0.39 is 0 Å². The van der Waals surface area contributed by atoms with Gasteiger partial charge in [-0.3, -0.25) is 0 Å². The van der Waals surface area contributed by atoms with Gasteiger partial charge in [0.25, 0.3) is 0 Å². The zero-order valence-corrected chi connectivity index (χ0v) is 17.2. The summed E-state index contributed by atoms with van der Waals surface area (Å²) < 4.78 is 16.6. The molecule has 0 saturated heterocycles. The number of nitrogens with zero attached hydrogens (tertiary/aromatic N) is 1. The number of nitrogens with one attached hydrogen (secondary N) is 1. The second-order valence-corrected chi connectivity index (χ2v) is 7.41. The van der Waals surface area contributed by atoms with Crippen LogP contribution in [-0.2, 0) is 0 Å². The molecule has 0 bridgehead atoms.